The van der Waals surface area contributed by atoms with Gasteiger partial charge in [0.25, 0.3) is 0 Å². The summed E-state index contributed by atoms with van der Waals surface area (Å²) in [5.74, 6) is -0.633. The molecule has 1 heterocycles. The van der Waals surface area contributed by atoms with E-state index in [1.54, 1.807) is 11.8 Å². The molecule has 5 atom stereocenters. The molecule has 0 unspecified atom stereocenters. The predicted octanol–water partition coefficient (Wildman–Crippen LogP) is 4.98. The zero-order valence-electron chi connectivity index (χ0n) is 20.8. The summed E-state index contributed by atoms with van der Waals surface area (Å²) in [6.45, 7) is 8.65. The molecule has 35 heavy (non-hydrogen) atoms. The van der Waals surface area contributed by atoms with Gasteiger partial charge in [0.2, 0.25) is 0 Å². The largest absolute Gasteiger partial charge is 0.488 e. The van der Waals surface area contributed by atoms with Gasteiger partial charge >= 0.3 is 5.97 Å². The van der Waals surface area contributed by atoms with Gasteiger partial charge in [-0.3, -0.25) is 4.79 Å². The number of carboxylic acids is 1. The van der Waals surface area contributed by atoms with Gasteiger partial charge in [-0.25, -0.2) is 0 Å². The summed E-state index contributed by atoms with van der Waals surface area (Å²) in [7, 11) is 0. The van der Waals surface area contributed by atoms with Gasteiger partial charge in [0, 0.05) is 28.5 Å². The number of hydrogen-bond donors (Lipinski definition) is 3. The van der Waals surface area contributed by atoms with Crippen LogP contribution in [0.3, 0.4) is 0 Å². The average molecular weight is 520 g/mol. The van der Waals surface area contributed by atoms with Crippen LogP contribution in [0, 0.1) is 12.8 Å². The van der Waals surface area contributed by atoms with E-state index >= 15 is 0 Å². The molecular weight excluding hydrogens is 486 g/mol. The normalized spacial score (nSPS) is 22.2. The van der Waals surface area contributed by atoms with Crippen molar-refractivity contribution in [3.63, 3.8) is 0 Å². The zero-order valence-corrected chi connectivity index (χ0v) is 22.4. The number of carboxylic acid groups (broad SMARTS) is 1. The Morgan fingerprint density at radius 1 is 1.31 bits per heavy atom. The third-order valence-corrected chi connectivity index (χ3v) is 8.13. The molecule has 0 aromatic heterocycles. The third-order valence-electron chi connectivity index (χ3n) is 6.91. The number of ether oxygens (including phenoxy) is 2. The van der Waals surface area contributed by atoms with E-state index in [0.29, 0.717) is 6.54 Å². The molecule has 0 spiro atoms. The molecule has 8 heteroatoms. The van der Waals surface area contributed by atoms with Crippen molar-refractivity contribution < 1.29 is 24.5 Å². The number of carbonyl (C=O) groups is 1. The summed E-state index contributed by atoms with van der Waals surface area (Å²) in [6.07, 6.45) is 1.52. The van der Waals surface area contributed by atoms with E-state index in [-0.39, 0.29) is 30.3 Å². The van der Waals surface area contributed by atoms with Crippen LogP contribution in [0.5, 0.6) is 5.75 Å². The molecule has 1 fully saturated rings. The molecule has 190 valence electrons. The Labute approximate surface area is 216 Å². The van der Waals surface area contributed by atoms with Crippen molar-refractivity contribution in [3.8, 4) is 5.75 Å². The van der Waals surface area contributed by atoms with Gasteiger partial charge in [0.1, 0.15) is 17.8 Å². The summed E-state index contributed by atoms with van der Waals surface area (Å²) in [5, 5.41) is 24.2. The van der Waals surface area contributed by atoms with E-state index in [4.69, 9.17) is 21.1 Å². The molecular formula is C27H34ClNO5S. The predicted molar refractivity (Wildman–Crippen MR) is 139 cm³/mol. The first-order valence-corrected chi connectivity index (χ1v) is 13.5. The molecule has 2 aromatic rings. The quantitative estimate of drug-likeness (QED) is 0.361. The van der Waals surface area contributed by atoms with Crippen molar-refractivity contribution >= 4 is 29.3 Å². The lowest BCUT2D eigenvalue weighted by atomic mass is 9.94. The van der Waals surface area contributed by atoms with Crippen LogP contribution in [0.15, 0.2) is 35.2 Å². The van der Waals surface area contributed by atoms with Gasteiger partial charge in [0.05, 0.1) is 23.8 Å². The van der Waals surface area contributed by atoms with Crippen molar-refractivity contribution in [2.24, 2.45) is 5.92 Å². The molecule has 1 aliphatic carbocycles. The number of nitrogens with one attached hydrogen (secondary N) is 1. The van der Waals surface area contributed by atoms with Crippen molar-refractivity contribution in [1.82, 2.24) is 5.32 Å². The summed E-state index contributed by atoms with van der Waals surface area (Å²) in [5.41, 5.74) is 3.79. The van der Waals surface area contributed by atoms with Gasteiger partial charge in [0.15, 0.2) is 0 Å². The number of fused-ring (bicyclic) bond motifs is 3. The monoisotopic (exact) mass is 519 g/mol. The highest BCUT2D eigenvalue weighted by molar-refractivity contribution is 7.98. The molecule has 6 nitrogen and oxygen atoms in total. The highest BCUT2D eigenvalue weighted by Crippen LogP contribution is 2.61. The molecule has 2 aliphatic rings. The second-order valence-corrected chi connectivity index (χ2v) is 11.5. The van der Waals surface area contributed by atoms with Gasteiger partial charge in [-0.15, -0.1) is 11.8 Å². The molecule has 0 radical (unpaired) electrons. The fourth-order valence-electron chi connectivity index (χ4n) is 4.97. The lowest BCUT2D eigenvalue weighted by Gasteiger charge is -2.28. The number of aliphatic hydroxyl groups excluding tert-OH is 1. The van der Waals surface area contributed by atoms with Crippen LogP contribution >= 0.6 is 23.4 Å². The van der Waals surface area contributed by atoms with Gasteiger partial charge in [-0.05, 0) is 69.2 Å². The Balaban J connectivity index is 1.31. The fraction of sp³-hybridized carbons (Fsp3) is 0.519. The highest BCUT2D eigenvalue weighted by atomic mass is 35.5. The number of benzene rings is 2. The lowest BCUT2D eigenvalue weighted by Crippen LogP contribution is -2.46. The first-order chi connectivity index (χ1) is 16.5. The minimum Gasteiger partial charge on any atom is -0.488 e. The van der Waals surface area contributed by atoms with Crippen molar-refractivity contribution in [1.29, 1.82) is 0 Å². The minimum absolute atomic E-state index is 0.116. The number of aryl methyl sites for hydroxylation is 1. The third kappa shape index (κ3) is 5.65. The topological polar surface area (TPSA) is 88.0 Å². The van der Waals surface area contributed by atoms with Gasteiger partial charge < -0.3 is 25.0 Å². The summed E-state index contributed by atoms with van der Waals surface area (Å²) < 4.78 is 12.0. The average Bonchev–Trinajstić information content (AvgIpc) is 3.38. The molecule has 3 N–H and O–H groups in total. The molecule has 0 bridgehead atoms. The Bertz CT molecular complexity index is 1110. The number of aliphatic hydroxyl groups is 1. The van der Waals surface area contributed by atoms with E-state index in [0.717, 1.165) is 44.3 Å². The molecule has 0 saturated heterocycles. The molecule has 2 aromatic carbocycles. The van der Waals surface area contributed by atoms with E-state index in [2.05, 4.69) is 25.2 Å². The number of thioether (sulfide) groups is 1. The van der Waals surface area contributed by atoms with E-state index in [1.165, 1.54) is 0 Å². The molecule has 1 aliphatic heterocycles. The lowest BCUT2D eigenvalue weighted by molar-refractivity contribution is -0.139. The maximum Gasteiger partial charge on any atom is 0.311 e. The number of hydrogen-bond acceptors (Lipinski definition) is 6. The van der Waals surface area contributed by atoms with Crippen molar-refractivity contribution in [2.45, 2.75) is 68.8 Å². The van der Waals surface area contributed by atoms with Crippen LogP contribution in [-0.2, 0) is 16.0 Å². The van der Waals surface area contributed by atoms with E-state index in [1.807, 2.05) is 44.4 Å². The van der Waals surface area contributed by atoms with E-state index in [9.17, 15) is 15.0 Å². The van der Waals surface area contributed by atoms with Crippen LogP contribution in [0.4, 0.5) is 0 Å². The van der Waals surface area contributed by atoms with Crippen molar-refractivity contribution in [3.05, 3.63) is 57.6 Å². The Morgan fingerprint density at radius 2 is 2.06 bits per heavy atom. The van der Waals surface area contributed by atoms with Gasteiger partial charge in [-0.2, -0.15) is 0 Å². The molecule has 0 amide bonds. The van der Waals surface area contributed by atoms with Crippen LogP contribution in [0.2, 0.25) is 5.02 Å². The Kier molecular flexibility index (Phi) is 7.74. The smallest absolute Gasteiger partial charge is 0.311 e. The number of rotatable bonds is 11. The summed E-state index contributed by atoms with van der Waals surface area (Å²) >= 11 is 7.98. The van der Waals surface area contributed by atoms with Crippen LogP contribution in [0.1, 0.15) is 55.0 Å². The fourth-order valence-corrected chi connectivity index (χ4v) is 5.87. The Morgan fingerprint density at radius 3 is 2.71 bits per heavy atom. The first-order valence-electron chi connectivity index (χ1n) is 11.9. The SMILES string of the molecule is CSc1ccc(CC(C)(C)NC[C@@H](O)CO[C@H](C)c2ccc(C)c3c2[C@@H]2[C@H](O3)[C@H]2C(=O)O)cc1Cl. The van der Waals surface area contributed by atoms with Crippen LogP contribution < -0.4 is 10.1 Å². The maximum atomic E-state index is 11.5. The number of β-amino-alcohol motifs (C(OH)–C–C–N with tert-alkyl or cyclic N) is 1. The standard InChI is InChI=1S/C27H34ClNO5S/c1-14-6-8-18(21-22-23(26(31)32)25(22)34-24(14)21)15(2)33-13-17(30)12-29-27(3,4)11-16-7-9-20(35-5)19(28)10-16/h6-10,15,17,22-23,25,29-30H,11-13H2,1-5H3,(H,31,32)/t15-,17-,22+,23+,25+/m1/s1. The highest BCUT2D eigenvalue weighted by Gasteiger charge is 2.64. The Hall–Kier alpha value is -1.77. The second kappa shape index (κ2) is 10.3. The van der Waals surface area contributed by atoms with E-state index < -0.39 is 18.0 Å². The van der Waals surface area contributed by atoms with Gasteiger partial charge in [-0.1, -0.05) is 29.8 Å². The number of halogens is 1. The number of aliphatic carboxylic acids is 1. The summed E-state index contributed by atoms with van der Waals surface area (Å²) in [6, 6.07) is 10.1. The maximum absolute atomic E-state index is 11.5. The summed E-state index contributed by atoms with van der Waals surface area (Å²) in [4.78, 5) is 12.6. The minimum atomic E-state index is -0.821. The van der Waals surface area contributed by atoms with Crippen LogP contribution in [0.25, 0.3) is 0 Å². The molecule has 4 rings (SSSR count). The second-order valence-electron chi connectivity index (χ2n) is 10.2. The van der Waals surface area contributed by atoms with Crippen molar-refractivity contribution in [2.75, 3.05) is 19.4 Å². The zero-order chi connectivity index (χ0) is 25.5. The molecule has 1 saturated carbocycles. The van der Waals surface area contributed by atoms with Crippen LogP contribution in [-0.4, -0.2) is 53.3 Å². The first kappa shape index (κ1) is 26.3.